The quantitative estimate of drug-likeness (QED) is 0.0235. The number of carbonyl (C=O) groups is 4. The lowest BCUT2D eigenvalue weighted by Gasteiger charge is -2.50. The van der Waals surface area contributed by atoms with Crippen molar-refractivity contribution in [3.63, 3.8) is 0 Å². The minimum absolute atomic E-state index is 0.0564. The van der Waals surface area contributed by atoms with Crippen molar-refractivity contribution in [1.82, 2.24) is 16.0 Å². The van der Waals surface area contributed by atoms with Crippen molar-refractivity contribution in [2.45, 2.75) is 241 Å². The Hall–Kier alpha value is -1.76. The fraction of sp³-hybridized carbons (Fsp3) is 0.935. The smallest absolute Gasteiger partial charge is 0.237 e. The van der Waals surface area contributed by atoms with Crippen LogP contribution in [0.4, 0.5) is 0 Å². The number of aliphatic hydroxyl groups is 19. The third-order valence-corrected chi connectivity index (χ3v) is 21.9. The van der Waals surface area contributed by atoms with Crippen LogP contribution in [0.3, 0.4) is 0 Å². The van der Waals surface area contributed by atoms with Crippen molar-refractivity contribution >= 4 is 72.2 Å². The molecule has 0 aromatic rings. The standard InChI is InChI=1S/C62H105N3O39S4/c1-24(69)3-8-89-10-11-90-9-4-26(70)15-25(52(85)64-6-12-105)19-108-21-32-49-37(75)42(80)60(97-32)104-62(88)23-92-55(44(82)51(62)84)99-45-28(16-66)93-56(38(76)33(45)71)101-48-31(20-107-14-5-27(63-2)53(86)65-7-13-106)96-58(40(78)35(48)73)100-47-30(18-68)95-59(41(79)36(47)74)103-61(87)22-91-54(43(81)50(61)83)98-46-29(17-67)94-57(102-49)39(77)34(46)72/h25,27-51,54-60,63,66-68,71-84,87-88,105-106H,3-23H2,1-2H3,(H,64,85)(H,65,86)/t25?,27?,28?,29?,30?,31?,32?,33-,34+,35+,36+,37+,38?,39?,40?,41?,42?,43?,44?,45+,46+,47+,48+,49+,50+,51+,54+,55-,56-,57-,58-,59+,60+,61+,62+/m0/s1. The molecule has 626 valence electrons. The Morgan fingerprint density at radius 3 is 1.23 bits per heavy atom. The predicted molar refractivity (Wildman–Crippen MR) is 365 cm³/mol. The SMILES string of the molecule is CNC(CCSCC1O[C@H]2O[C@@H]3C(CO)O[C@H](O[C@]4(O)CO[C@H](O[C@@H]5C(CO)O[C@@H](O[C@@H]6C(CSCC(CC(=O)CCOCCOCCC(C)=O)C(=O)NCCS)O[C@H](O[C@]7(O)CO[C@@H](O[C@@H]8C(CO)O[C@@H](O[C@H]1[C@H](O)C2O)C(O)[C@@H]8O)C(O)[C@H]7O)C(O)[C@H]6O)C(O)[C@H]5O)C(O)[C@H]4O)C(O)[C@H]3O)C(=O)NCCS. The normalized spacial score (nSPS) is 43.3. The van der Waals surface area contributed by atoms with Crippen LogP contribution in [0.15, 0.2) is 0 Å². The molecule has 14 bridgehead atoms. The minimum atomic E-state index is -3.16. The van der Waals surface area contributed by atoms with Gasteiger partial charge in [0.2, 0.25) is 23.4 Å². The van der Waals surface area contributed by atoms with Gasteiger partial charge in [0.05, 0.1) is 70.4 Å². The van der Waals surface area contributed by atoms with Crippen LogP contribution in [0.2, 0.25) is 0 Å². The Balaban J connectivity index is 1.07. The molecule has 0 aliphatic carbocycles. The second kappa shape index (κ2) is 42.9. The Morgan fingerprint density at radius 2 is 0.824 bits per heavy atom. The summed E-state index contributed by atoms with van der Waals surface area (Å²) >= 11 is 10.3. The van der Waals surface area contributed by atoms with Gasteiger partial charge in [0, 0.05) is 61.1 Å². The molecule has 21 aliphatic rings. The van der Waals surface area contributed by atoms with Gasteiger partial charge in [-0.15, -0.1) is 0 Å². The van der Waals surface area contributed by atoms with Crippen LogP contribution in [-0.2, 0) is 95.0 Å². The molecule has 21 fully saturated rings. The number of carbonyl (C=O) groups excluding carboxylic acids is 4. The third kappa shape index (κ3) is 22.9. The van der Waals surface area contributed by atoms with Gasteiger partial charge in [0.25, 0.3) is 0 Å². The van der Waals surface area contributed by atoms with Gasteiger partial charge in [0.15, 0.2) is 44.0 Å². The van der Waals surface area contributed by atoms with E-state index in [0.717, 1.165) is 23.5 Å². The predicted octanol–water partition coefficient (Wildman–Crippen LogP) is -12.8. The molecule has 46 heteroatoms. The average Bonchev–Trinajstić information content (AvgIpc) is 0.773. The van der Waals surface area contributed by atoms with Crippen LogP contribution >= 0.6 is 48.8 Å². The number of thiol groups is 2. The number of Topliss-reactive ketones (excluding diaryl/α,β-unsaturated/α-hetero) is 2. The van der Waals surface area contributed by atoms with Crippen molar-refractivity contribution in [3.05, 3.63) is 0 Å². The van der Waals surface area contributed by atoms with Gasteiger partial charge in [-0.25, -0.2) is 0 Å². The Kier molecular flexibility index (Phi) is 36.5. The van der Waals surface area contributed by atoms with Gasteiger partial charge in [-0.3, -0.25) is 19.2 Å². The zero-order valence-electron chi connectivity index (χ0n) is 58.8. The Bertz CT molecular complexity index is 2760. The third-order valence-electron chi connectivity index (χ3n) is 19.1. The molecule has 0 radical (unpaired) electrons. The topological polar surface area (TPSA) is 636 Å². The number of amides is 2. The van der Waals surface area contributed by atoms with Crippen molar-refractivity contribution in [2.75, 3.05) is 114 Å². The number of thioether (sulfide) groups is 2. The van der Waals surface area contributed by atoms with Gasteiger partial charge in [-0.05, 0) is 26.1 Å². The second-order valence-corrected chi connectivity index (χ2v) is 30.1. The van der Waals surface area contributed by atoms with Crippen molar-refractivity contribution in [2.24, 2.45) is 5.92 Å². The molecule has 21 heterocycles. The van der Waals surface area contributed by atoms with Gasteiger partial charge in [-0.1, -0.05) is 0 Å². The summed E-state index contributed by atoms with van der Waals surface area (Å²) in [6.45, 7) is -3.63. The highest BCUT2D eigenvalue weighted by Crippen LogP contribution is 2.41. The van der Waals surface area contributed by atoms with Gasteiger partial charge in [0.1, 0.15) is 159 Å². The number of ether oxygens (including phenoxy) is 16. The summed E-state index contributed by atoms with van der Waals surface area (Å²) in [6, 6.07) is -0.723. The van der Waals surface area contributed by atoms with Crippen LogP contribution < -0.4 is 16.0 Å². The van der Waals surface area contributed by atoms with Crippen molar-refractivity contribution in [3.8, 4) is 0 Å². The molecule has 108 heavy (non-hydrogen) atoms. The maximum absolute atomic E-state index is 13.6. The minimum Gasteiger partial charge on any atom is -0.394 e. The van der Waals surface area contributed by atoms with Crippen LogP contribution in [0, 0.1) is 5.92 Å². The number of hydrogen-bond donors (Lipinski definition) is 24. The number of rotatable bonds is 30. The summed E-state index contributed by atoms with van der Waals surface area (Å²) in [4.78, 5) is 51.1. The lowest BCUT2D eigenvalue weighted by molar-refractivity contribution is -0.434. The maximum atomic E-state index is 13.6. The summed E-state index contributed by atoms with van der Waals surface area (Å²) in [5, 5.41) is 228. The molecular weight excluding hydrogens is 1540 g/mol. The van der Waals surface area contributed by atoms with Crippen LogP contribution in [0.1, 0.15) is 32.6 Å². The van der Waals surface area contributed by atoms with E-state index in [1.54, 1.807) is 7.05 Å². The molecule has 0 saturated carbocycles. The molecule has 0 aromatic carbocycles. The highest BCUT2D eigenvalue weighted by atomic mass is 32.2. The van der Waals surface area contributed by atoms with Gasteiger partial charge >= 0.3 is 0 Å². The van der Waals surface area contributed by atoms with E-state index in [1.807, 2.05) is 0 Å². The van der Waals surface area contributed by atoms with Gasteiger partial charge < -0.3 is 189 Å². The van der Waals surface area contributed by atoms with E-state index in [-0.39, 0.29) is 99.9 Å². The zero-order chi connectivity index (χ0) is 79.1. The summed E-state index contributed by atoms with van der Waals surface area (Å²) in [5.74, 6) is -8.89. The number of nitrogens with one attached hydrogen (secondary N) is 3. The fourth-order valence-corrected chi connectivity index (χ4v) is 15.4. The van der Waals surface area contributed by atoms with Gasteiger partial charge in [-0.2, -0.15) is 48.8 Å². The molecule has 0 aromatic heterocycles. The van der Waals surface area contributed by atoms with E-state index in [9.17, 15) is 116 Å². The number of likely N-dealkylation sites (N-methyl/N-ethyl adjacent to an activating group) is 1. The number of hydrogen-bond acceptors (Lipinski definition) is 44. The summed E-state index contributed by atoms with van der Waals surface area (Å²) < 4.78 is 92.8. The molecule has 21 saturated heterocycles. The summed E-state index contributed by atoms with van der Waals surface area (Å²) in [6.07, 6.45) is -65.9. The van der Waals surface area contributed by atoms with Crippen LogP contribution in [-0.4, -0.2) is 443 Å². The number of ketones is 2. The molecule has 2 amide bonds. The van der Waals surface area contributed by atoms with E-state index in [0.29, 0.717) is 5.75 Å². The lowest BCUT2D eigenvalue weighted by atomic mass is 9.95. The Labute approximate surface area is 638 Å². The fourth-order valence-electron chi connectivity index (χ4n) is 12.9. The first-order chi connectivity index (χ1) is 51.4. The molecule has 21 rings (SSSR count). The Morgan fingerprint density at radius 1 is 0.463 bits per heavy atom. The lowest BCUT2D eigenvalue weighted by Crippen LogP contribution is -2.69. The maximum Gasteiger partial charge on any atom is 0.237 e. The second-order valence-electron chi connectivity index (χ2n) is 27.0. The molecule has 14 unspecified atom stereocenters. The first-order valence-corrected chi connectivity index (χ1v) is 38.7. The molecule has 42 nitrogen and oxygen atoms in total. The molecule has 21 aliphatic heterocycles. The van der Waals surface area contributed by atoms with E-state index < -0.39 is 265 Å². The largest absolute Gasteiger partial charge is 0.394 e. The first kappa shape index (κ1) is 91.8. The average molecular weight is 1640 g/mol. The van der Waals surface area contributed by atoms with Crippen LogP contribution in [0.5, 0.6) is 0 Å². The summed E-state index contributed by atoms with van der Waals surface area (Å²) in [7, 11) is 1.55. The van der Waals surface area contributed by atoms with E-state index in [4.69, 9.17) is 75.8 Å². The molecule has 0 spiro atoms. The highest BCUT2D eigenvalue weighted by molar-refractivity contribution is 7.99. The zero-order valence-corrected chi connectivity index (χ0v) is 62.2. The molecular formula is C62H105N3O39S4. The van der Waals surface area contributed by atoms with E-state index >= 15 is 0 Å². The van der Waals surface area contributed by atoms with Crippen molar-refractivity contribution in [1.29, 1.82) is 0 Å². The van der Waals surface area contributed by atoms with E-state index in [2.05, 4.69) is 41.2 Å². The van der Waals surface area contributed by atoms with Crippen LogP contribution in [0.25, 0.3) is 0 Å². The first-order valence-electron chi connectivity index (χ1n) is 35.1. The number of aliphatic hydroxyl groups excluding tert-OH is 17. The monoisotopic (exact) mass is 1640 g/mol. The molecule has 35 atom stereocenters. The highest BCUT2D eigenvalue weighted by Gasteiger charge is 2.62. The molecule has 22 N–H and O–H groups in total. The van der Waals surface area contributed by atoms with E-state index in [1.165, 1.54) is 6.92 Å². The summed E-state index contributed by atoms with van der Waals surface area (Å²) in [5.41, 5.74) is 0. The van der Waals surface area contributed by atoms with Crippen molar-refractivity contribution < 1.29 is 192 Å².